The molecule has 7 heteroatoms. The van der Waals surface area contributed by atoms with Crippen LogP contribution >= 0.6 is 0 Å². The second-order valence-corrected chi connectivity index (χ2v) is 13.2. The lowest BCUT2D eigenvalue weighted by Crippen LogP contribution is -1.97. The lowest BCUT2D eigenvalue weighted by molar-refractivity contribution is -0.132. The molecule has 0 unspecified atom stereocenters. The van der Waals surface area contributed by atoms with Gasteiger partial charge in [-0.2, -0.15) is 5.26 Å². The number of nitrogens with zero attached hydrogens (tertiary/aromatic N) is 3. The summed E-state index contributed by atoms with van der Waals surface area (Å²) in [6, 6.07) is 48.2. The van der Waals surface area contributed by atoms with Crippen LogP contribution < -0.4 is 0 Å². The first-order valence-electron chi connectivity index (χ1n) is 17.8. The molecule has 5 heterocycles. The molecule has 4 aromatic carbocycles. The zero-order valence-corrected chi connectivity index (χ0v) is 29.4. The highest BCUT2D eigenvalue weighted by atomic mass is 16.4. The number of aromatic nitrogens is 4. The van der Waals surface area contributed by atoms with Crippen molar-refractivity contribution in [2.75, 3.05) is 0 Å². The van der Waals surface area contributed by atoms with E-state index in [0.29, 0.717) is 22.3 Å². The molecule has 7 nitrogen and oxygen atoms in total. The van der Waals surface area contributed by atoms with Crippen LogP contribution in [-0.2, 0) is 4.79 Å². The van der Waals surface area contributed by atoms with Gasteiger partial charge in [0.05, 0.1) is 28.3 Å². The zero-order valence-electron chi connectivity index (χ0n) is 29.4. The SMILES string of the molecule is N#C/C(=C/c1cc2[nH]c1c(-c1ccccc1)c1nc(c(-c3ccccc3)c3ccc([nH]3)c(-c3ccccc3)c3nc(c2-c2ccccc2)C=C3)C=C1)C(=O)O. The van der Waals surface area contributed by atoms with E-state index in [1.807, 2.05) is 134 Å². The molecular formula is C48H31N5O2. The second-order valence-electron chi connectivity index (χ2n) is 13.2. The summed E-state index contributed by atoms with van der Waals surface area (Å²) in [5, 5.41) is 20.0. The average molecular weight is 710 g/mol. The van der Waals surface area contributed by atoms with Crippen molar-refractivity contribution in [2.24, 2.45) is 0 Å². The van der Waals surface area contributed by atoms with Gasteiger partial charge in [-0.25, -0.2) is 14.8 Å². The number of fused-ring (bicyclic) bond motifs is 8. The van der Waals surface area contributed by atoms with Crippen LogP contribution in [-0.4, -0.2) is 31.0 Å². The van der Waals surface area contributed by atoms with Crippen molar-refractivity contribution in [3.63, 3.8) is 0 Å². The molecule has 0 fully saturated rings. The number of nitriles is 1. The molecule has 55 heavy (non-hydrogen) atoms. The Kier molecular flexibility index (Phi) is 8.39. The third kappa shape index (κ3) is 6.14. The molecular weight excluding hydrogens is 679 g/mol. The van der Waals surface area contributed by atoms with Gasteiger partial charge in [0.1, 0.15) is 11.6 Å². The summed E-state index contributed by atoms with van der Waals surface area (Å²) in [4.78, 5) is 30.4. The maximum atomic E-state index is 12.3. The average Bonchev–Trinajstić information content (AvgIpc) is 4.06. The van der Waals surface area contributed by atoms with Crippen LogP contribution in [0.4, 0.5) is 0 Å². The molecule has 2 aliphatic heterocycles. The van der Waals surface area contributed by atoms with E-state index in [1.165, 1.54) is 6.08 Å². The number of rotatable bonds is 6. The van der Waals surface area contributed by atoms with Crippen molar-refractivity contribution in [1.82, 2.24) is 19.9 Å². The highest BCUT2D eigenvalue weighted by Crippen LogP contribution is 2.39. The predicted molar refractivity (Wildman–Crippen MR) is 222 cm³/mol. The first kappa shape index (κ1) is 33.0. The van der Waals surface area contributed by atoms with Gasteiger partial charge >= 0.3 is 5.97 Å². The number of carboxylic acids is 1. The molecule has 2 aliphatic rings. The van der Waals surface area contributed by atoms with Crippen molar-refractivity contribution in [3.05, 3.63) is 173 Å². The van der Waals surface area contributed by atoms with Gasteiger partial charge in [-0.3, -0.25) is 0 Å². The number of aliphatic carboxylic acids is 1. The fourth-order valence-corrected chi connectivity index (χ4v) is 7.35. The Morgan fingerprint density at radius 2 is 0.909 bits per heavy atom. The number of carboxylic acid groups (broad SMARTS) is 1. The fraction of sp³-hybridized carbons (Fsp3) is 0. The molecule has 260 valence electrons. The van der Waals surface area contributed by atoms with E-state index in [0.717, 1.165) is 72.6 Å². The number of nitrogens with one attached hydrogen (secondary N) is 2. The molecule has 0 aliphatic carbocycles. The first-order valence-corrected chi connectivity index (χ1v) is 17.8. The van der Waals surface area contributed by atoms with Crippen LogP contribution in [0.2, 0.25) is 0 Å². The smallest absolute Gasteiger partial charge is 0.346 e. The summed E-state index contributed by atoms with van der Waals surface area (Å²) in [7, 11) is 0. The summed E-state index contributed by atoms with van der Waals surface area (Å²) in [5.74, 6) is -1.31. The van der Waals surface area contributed by atoms with E-state index in [1.54, 1.807) is 0 Å². The number of H-pyrrole nitrogens is 2. The van der Waals surface area contributed by atoms with E-state index in [2.05, 4.69) is 46.4 Å². The van der Waals surface area contributed by atoms with E-state index in [-0.39, 0.29) is 5.57 Å². The van der Waals surface area contributed by atoms with Crippen molar-refractivity contribution < 1.29 is 9.90 Å². The highest BCUT2D eigenvalue weighted by Gasteiger charge is 2.21. The monoisotopic (exact) mass is 709 g/mol. The van der Waals surface area contributed by atoms with E-state index in [4.69, 9.17) is 9.97 Å². The second kappa shape index (κ2) is 14.0. The maximum Gasteiger partial charge on any atom is 0.346 e. The van der Waals surface area contributed by atoms with Gasteiger partial charge in [0.15, 0.2) is 0 Å². The summed E-state index contributed by atoms with van der Waals surface area (Å²) < 4.78 is 0. The number of carbonyl (C=O) groups is 1. The first-order chi connectivity index (χ1) is 27.1. The molecule has 8 bridgehead atoms. The van der Waals surface area contributed by atoms with Gasteiger partial charge in [-0.15, -0.1) is 0 Å². The summed E-state index contributed by atoms with van der Waals surface area (Å²) in [6.07, 6.45) is 9.49. The predicted octanol–water partition coefficient (Wildman–Crippen LogP) is 11.3. The summed E-state index contributed by atoms with van der Waals surface area (Å²) in [5.41, 5.74) is 13.4. The third-order valence-electron chi connectivity index (χ3n) is 9.80. The summed E-state index contributed by atoms with van der Waals surface area (Å²) in [6.45, 7) is 0. The Bertz CT molecular complexity index is 2930. The minimum Gasteiger partial charge on any atom is -0.477 e. The minimum absolute atomic E-state index is 0.389. The Morgan fingerprint density at radius 3 is 1.31 bits per heavy atom. The molecule has 0 radical (unpaired) electrons. The topological polar surface area (TPSA) is 118 Å². The third-order valence-corrected chi connectivity index (χ3v) is 9.80. The molecule has 0 saturated heterocycles. The number of hydrogen-bond acceptors (Lipinski definition) is 4. The van der Waals surface area contributed by atoms with E-state index >= 15 is 0 Å². The molecule has 7 aromatic rings. The molecule has 3 N–H and O–H groups in total. The van der Waals surface area contributed by atoms with Crippen LogP contribution in [0.1, 0.15) is 28.3 Å². The van der Waals surface area contributed by atoms with Gasteiger partial charge < -0.3 is 15.1 Å². The fourth-order valence-electron chi connectivity index (χ4n) is 7.35. The normalized spacial score (nSPS) is 12.1. The number of benzene rings is 4. The lowest BCUT2D eigenvalue weighted by atomic mass is 10.0. The van der Waals surface area contributed by atoms with Gasteiger partial charge in [-0.05, 0) is 70.8 Å². The molecule has 0 saturated carbocycles. The summed E-state index contributed by atoms with van der Waals surface area (Å²) >= 11 is 0. The maximum absolute atomic E-state index is 12.3. The lowest BCUT2D eigenvalue weighted by Gasteiger charge is -2.07. The van der Waals surface area contributed by atoms with Crippen molar-refractivity contribution in [2.45, 2.75) is 0 Å². The van der Waals surface area contributed by atoms with Crippen LogP contribution in [0.15, 0.2) is 145 Å². The molecule has 0 atom stereocenters. The standard InChI is InChI=1S/C48H31N5O2/c49-29-35(48(54)55)27-34-28-42-45(32-17-9-3-10-18-32)40-24-23-38(51-40)43(30-13-5-1-6-14-30)36-21-22-37(50-36)44(31-15-7-2-8-16-31)39-25-26-41(52-39)46(47(34)53-42)33-19-11-4-12-20-33/h1-28,50,53H,(H,54,55)/b35-27-,43-36?,43-38?,44-37?,44-39?,45-40?,45-42?,46-41?,47-46?. The largest absolute Gasteiger partial charge is 0.477 e. The number of hydrogen-bond donors (Lipinski definition) is 3. The Hall–Kier alpha value is -7.82. The van der Waals surface area contributed by atoms with Gasteiger partial charge in [0.25, 0.3) is 0 Å². The van der Waals surface area contributed by atoms with E-state index in [9.17, 15) is 15.2 Å². The highest BCUT2D eigenvalue weighted by molar-refractivity contribution is 6.04. The Morgan fingerprint density at radius 1 is 0.527 bits per heavy atom. The number of aromatic amines is 2. The quantitative estimate of drug-likeness (QED) is 0.117. The zero-order chi connectivity index (χ0) is 37.3. The minimum atomic E-state index is -1.31. The Labute approximate surface area is 316 Å². The van der Waals surface area contributed by atoms with Gasteiger partial charge in [-0.1, -0.05) is 121 Å². The molecule has 0 spiro atoms. The van der Waals surface area contributed by atoms with Crippen molar-refractivity contribution >= 4 is 58.4 Å². The van der Waals surface area contributed by atoms with Gasteiger partial charge in [0, 0.05) is 44.4 Å². The van der Waals surface area contributed by atoms with Crippen LogP contribution in [0.25, 0.3) is 97.0 Å². The molecule has 0 amide bonds. The Balaban J connectivity index is 1.54. The van der Waals surface area contributed by atoms with Crippen molar-refractivity contribution in [3.8, 4) is 50.6 Å². The van der Waals surface area contributed by atoms with Gasteiger partial charge in [0.2, 0.25) is 0 Å². The van der Waals surface area contributed by atoms with E-state index < -0.39 is 5.97 Å². The van der Waals surface area contributed by atoms with Crippen molar-refractivity contribution in [1.29, 1.82) is 5.26 Å². The van der Waals surface area contributed by atoms with Crippen LogP contribution in [0.3, 0.4) is 0 Å². The van der Waals surface area contributed by atoms with Crippen LogP contribution in [0, 0.1) is 11.3 Å². The molecule has 9 rings (SSSR count). The van der Waals surface area contributed by atoms with Crippen LogP contribution in [0.5, 0.6) is 0 Å². The molecule has 3 aromatic heterocycles.